The molecule has 224 valence electrons. The summed E-state index contributed by atoms with van der Waals surface area (Å²) < 4.78 is 7.02. The molecule has 0 spiro atoms. The van der Waals surface area contributed by atoms with Crippen LogP contribution in [0.5, 0.6) is 0 Å². The third-order valence-corrected chi connectivity index (χ3v) is 8.60. The Labute approximate surface area is 250 Å². The number of aromatic nitrogens is 2. The van der Waals surface area contributed by atoms with E-state index in [0.717, 1.165) is 55.6 Å². The number of fused-ring (bicyclic) bond motifs is 3. The molecule has 0 radical (unpaired) electrons. The van der Waals surface area contributed by atoms with Crippen LogP contribution in [0, 0.1) is 5.92 Å². The number of nitrogens with zero attached hydrogens (tertiary/aromatic N) is 5. The number of ether oxygens (including phenoxy) is 1. The van der Waals surface area contributed by atoms with Crippen molar-refractivity contribution in [2.75, 3.05) is 31.7 Å². The summed E-state index contributed by atoms with van der Waals surface area (Å²) in [4.78, 5) is 34.3. The zero-order valence-corrected chi connectivity index (χ0v) is 25.5. The molecule has 2 bridgehead atoms. The van der Waals surface area contributed by atoms with Crippen molar-refractivity contribution in [3.63, 3.8) is 0 Å². The first kappa shape index (κ1) is 30.0. The van der Waals surface area contributed by atoms with Gasteiger partial charge in [-0.25, -0.2) is 0 Å². The Morgan fingerprint density at radius 2 is 1.74 bits per heavy atom. The van der Waals surface area contributed by atoms with E-state index in [1.807, 2.05) is 47.2 Å². The lowest BCUT2D eigenvalue weighted by Gasteiger charge is -2.44. The maximum absolute atomic E-state index is 14.4. The maximum Gasteiger partial charge on any atom is 0.272 e. The predicted octanol–water partition coefficient (Wildman–Crippen LogP) is 5.07. The fraction of sp³-hybridized carbons (Fsp3) is 0.500. The van der Waals surface area contributed by atoms with E-state index in [1.54, 1.807) is 11.8 Å². The summed E-state index contributed by atoms with van der Waals surface area (Å²) in [6.07, 6.45) is 4.90. The number of anilines is 1. The predicted molar refractivity (Wildman–Crippen MR) is 165 cm³/mol. The number of methoxy groups -OCH3 is 1. The van der Waals surface area contributed by atoms with Gasteiger partial charge in [0.2, 0.25) is 0 Å². The van der Waals surface area contributed by atoms with Gasteiger partial charge in [-0.3, -0.25) is 19.2 Å². The number of carbonyl (C=O) groups excluding carboxylic acids is 2. The van der Waals surface area contributed by atoms with Crippen molar-refractivity contribution in [1.29, 1.82) is 0 Å². The van der Waals surface area contributed by atoms with Crippen molar-refractivity contribution >= 4 is 17.5 Å². The van der Waals surface area contributed by atoms with Crippen molar-refractivity contribution in [2.24, 2.45) is 13.0 Å². The monoisotopic (exact) mass is 571 g/mol. The van der Waals surface area contributed by atoms with Crippen LogP contribution in [0.2, 0.25) is 0 Å². The molecule has 0 N–H and O–H groups in total. The topological polar surface area (TPSA) is 70.9 Å². The molecule has 2 aliphatic heterocycles. The molecule has 0 saturated carbocycles. The second-order valence-corrected chi connectivity index (χ2v) is 12.2. The van der Waals surface area contributed by atoms with Crippen LogP contribution < -0.4 is 4.90 Å². The largest absolute Gasteiger partial charge is 0.375 e. The van der Waals surface area contributed by atoms with Gasteiger partial charge in [-0.15, -0.1) is 0 Å². The average molecular weight is 572 g/mol. The molecule has 8 nitrogen and oxygen atoms in total. The van der Waals surface area contributed by atoms with E-state index in [0.29, 0.717) is 37.3 Å². The fourth-order valence-corrected chi connectivity index (χ4v) is 6.63. The average Bonchev–Trinajstić information content (AvgIpc) is 3.33. The Morgan fingerprint density at radius 1 is 1.00 bits per heavy atom. The number of piperidine rings is 1. The van der Waals surface area contributed by atoms with Gasteiger partial charge in [-0.2, -0.15) is 5.10 Å². The van der Waals surface area contributed by atoms with Crippen LogP contribution in [0.1, 0.15) is 66.8 Å². The quantitative estimate of drug-likeness (QED) is 0.396. The van der Waals surface area contributed by atoms with E-state index < -0.39 is 0 Å². The summed E-state index contributed by atoms with van der Waals surface area (Å²) in [7, 11) is 3.42. The second-order valence-electron chi connectivity index (χ2n) is 12.2. The van der Waals surface area contributed by atoms with E-state index in [4.69, 9.17) is 4.74 Å². The summed E-state index contributed by atoms with van der Waals surface area (Å²) >= 11 is 0. The molecule has 1 saturated heterocycles. The minimum atomic E-state index is -0.0611. The van der Waals surface area contributed by atoms with Crippen molar-refractivity contribution in [3.8, 4) is 0 Å². The maximum atomic E-state index is 14.4. The highest BCUT2D eigenvalue weighted by Gasteiger charge is 2.35. The summed E-state index contributed by atoms with van der Waals surface area (Å²) in [5, 5.41) is 4.68. The molecule has 2 atom stereocenters. The Balaban J connectivity index is 1.56. The molecule has 8 heteroatoms. The van der Waals surface area contributed by atoms with Gasteiger partial charge in [0.05, 0.1) is 5.69 Å². The highest BCUT2D eigenvalue weighted by Crippen LogP contribution is 2.32. The molecule has 1 aromatic heterocycles. The summed E-state index contributed by atoms with van der Waals surface area (Å²) in [6.45, 7) is 6.81. The first-order chi connectivity index (χ1) is 20.3. The van der Waals surface area contributed by atoms with Gasteiger partial charge in [0.15, 0.2) is 0 Å². The van der Waals surface area contributed by atoms with Crippen molar-refractivity contribution < 1.29 is 14.3 Å². The third kappa shape index (κ3) is 6.93. The van der Waals surface area contributed by atoms with Crippen LogP contribution in [-0.2, 0) is 36.1 Å². The van der Waals surface area contributed by atoms with Gasteiger partial charge in [0, 0.05) is 58.1 Å². The first-order valence-corrected chi connectivity index (χ1v) is 15.3. The van der Waals surface area contributed by atoms with E-state index >= 15 is 0 Å². The Bertz CT molecular complexity index is 1350. The van der Waals surface area contributed by atoms with Gasteiger partial charge >= 0.3 is 0 Å². The molecule has 5 rings (SSSR count). The lowest BCUT2D eigenvalue weighted by molar-refractivity contribution is -0.122. The van der Waals surface area contributed by atoms with Crippen molar-refractivity contribution in [3.05, 3.63) is 83.2 Å². The smallest absolute Gasteiger partial charge is 0.272 e. The van der Waals surface area contributed by atoms with E-state index in [9.17, 15) is 9.59 Å². The molecule has 3 aromatic rings. The second kappa shape index (κ2) is 13.7. The SMILES string of the molecule is COCC(=O)N1CCC2CCCC(CN(C(=O)c3cc(CC(C)C)nn3C)Cc3ccccc31)N2Cc1ccccc1. The Morgan fingerprint density at radius 3 is 2.50 bits per heavy atom. The van der Waals surface area contributed by atoms with E-state index in [2.05, 4.69) is 54.2 Å². The van der Waals surface area contributed by atoms with E-state index in [-0.39, 0.29) is 24.5 Å². The Kier molecular flexibility index (Phi) is 9.75. The van der Waals surface area contributed by atoms with Crippen molar-refractivity contribution in [2.45, 2.75) is 71.1 Å². The molecule has 1 fully saturated rings. The fourth-order valence-electron chi connectivity index (χ4n) is 6.63. The summed E-state index contributed by atoms with van der Waals surface area (Å²) in [5.41, 5.74) is 4.63. The first-order valence-electron chi connectivity index (χ1n) is 15.3. The zero-order chi connectivity index (χ0) is 29.6. The van der Waals surface area contributed by atoms with Crippen LogP contribution in [0.15, 0.2) is 60.7 Å². The number of carbonyl (C=O) groups is 2. The van der Waals surface area contributed by atoms with Gasteiger partial charge in [0.25, 0.3) is 11.8 Å². The highest BCUT2D eigenvalue weighted by molar-refractivity contribution is 5.95. The summed E-state index contributed by atoms with van der Waals surface area (Å²) in [5.74, 6) is 0.369. The molecule has 0 aliphatic carbocycles. The van der Waals surface area contributed by atoms with Gasteiger partial charge in [-0.05, 0) is 54.9 Å². The van der Waals surface area contributed by atoms with Gasteiger partial charge in [-0.1, -0.05) is 68.8 Å². The highest BCUT2D eigenvalue weighted by atomic mass is 16.5. The van der Waals surface area contributed by atoms with Crippen LogP contribution >= 0.6 is 0 Å². The molecule has 2 aromatic carbocycles. The molecule has 2 aliphatic rings. The van der Waals surface area contributed by atoms with Crippen molar-refractivity contribution in [1.82, 2.24) is 19.6 Å². The number of hydrogen-bond acceptors (Lipinski definition) is 5. The van der Waals surface area contributed by atoms with Gasteiger partial charge < -0.3 is 14.5 Å². The Hall–Kier alpha value is -3.49. The minimum absolute atomic E-state index is 0.0195. The molecule has 2 unspecified atom stereocenters. The van der Waals surface area contributed by atoms with Crippen LogP contribution in [0.25, 0.3) is 0 Å². The standard InChI is InChI=1S/C34H45N5O3/c1-25(2)19-28-20-32(36(3)35-28)34(41)37-22-27-13-8-9-16-31(27)38(33(40)24-42-4)18-17-29-14-10-15-30(23-37)39(29)21-26-11-6-5-7-12-26/h5-9,11-13,16,20,25,29-30H,10,14-15,17-19,21-24H2,1-4H3. The number of amides is 2. The van der Waals surface area contributed by atoms with Crippen LogP contribution in [0.3, 0.4) is 0 Å². The number of rotatable bonds is 7. The van der Waals surface area contributed by atoms with Gasteiger partial charge in [0.1, 0.15) is 12.3 Å². The lowest BCUT2D eigenvalue weighted by Crippen LogP contribution is -2.52. The number of aryl methyl sites for hydroxylation is 1. The van der Waals surface area contributed by atoms with Crippen LogP contribution in [-0.4, -0.2) is 70.3 Å². The lowest BCUT2D eigenvalue weighted by atomic mass is 9.92. The number of para-hydroxylation sites is 1. The number of hydrogen-bond donors (Lipinski definition) is 0. The molecular weight excluding hydrogens is 526 g/mol. The molecule has 42 heavy (non-hydrogen) atoms. The molecule has 3 heterocycles. The minimum Gasteiger partial charge on any atom is -0.375 e. The molecular formula is C34H45N5O3. The summed E-state index contributed by atoms with van der Waals surface area (Å²) in [6, 6.07) is 21.1. The van der Waals surface area contributed by atoms with Crippen LogP contribution in [0.4, 0.5) is 5.69 Å². The zero-order valence-electron chi connectivity index (χ0n) is 25.5. The molecule has 2 amide bonds. The van der Waals surface area contributed by atoms with E-state index in [1.165, 1.54) is 5.56 Å². The normalized spacial score (nSPS) is 19.8. The third-order valence-electron chi connectivity index (χ3n) is 8.60. The number of benzene rings is 2.